The van der Waals surface area contributed by atoms with Gasteiger partial charge in [-0.1, -0.05) is 25.4 Å². The van der Waals surface area contributed by atoms with Crippen LogP contribution in [-0.2, 0) is 0 Å². The van der Waals surface area contributed by atoms with Crippen molar-refractivity contribution in [2.45, 2.75) is 26.3 Å². The van der Waals surface area contributed by atoms with Crippen LogP contribution in [0.15, 0.2) is 29.0 Å². The lowest BCUT2D eigenvalue weighted by molar-refractivity contribution is 0.312. The van der Waals surface area contributed by atoms with E-state index >= 15 is 0 Å². The lowest BCUT2D eigenvalue weighted by Gasteiger charge is -2.12. The van der Waals surface area contributed by atoms with Crippen molar-refractivity contribution in [3.05, 3.63) is 30.4 Å². The van der Waals surface area contributed by atoms with Crippen molar-refractivity contribution in [1.29, 1.82) is 0 Å². The molecular weight excluding hydrogens is 216 g/mol. The molecule has 0 amide bonds. The Bertz CT molecular complexity index is 468. The van der Waals surface area contributed by atoms with Crippen LogP contribution in [0, 0.1) is 5.92 Å². The fraction of sp³-hybridized carbons (Fsp3) is 0.417. The fourth-order valence-electron chi connectivity index (χ4n) is 1.49. The number of aromatic nitrogens is 3. The molecule has 2 heterocycles. The second-order valence-electron chi connectivity index (χ2n) is 4.10. The van der Waals surface area contributed by atoms with Gasteiger partial charge in [0, 0.05) is 18.0 Å². The van der Waals surface area contributed by atoms with E-state index in [-0.39, 0.29) is 6.04 Å². The molecule has 2 aromatic rings. The van der Waals surface area contributed by atoms with Gasteiger partial charge in [-0.15, -0.1) is 0 Å². The summed E-state index contributed by atoms with van der Waals surface area (Å²) >= 11 is 0. The van der Waals surface area contributed by atoms with Gasteiger partial charge in [-0.3, -0.25) is 4.98 Å². The predicted octanol–water partition coefficient (Wildman–Crippen LogP) is 2.18. The molecule has 17 heavy (non-hydrogen) atoms. The Balaban J connectivity index is 2.22. The molecule has 0 fully saturated rings. The Hall–Kier alpha value is -1.75. The van der Waals surface area contributed by atoms with Gasteiger partial charge in [-0.25, -0.2) is 0 Å². The molecule has 2 N–H and O–H groups in total. The minimum absolute atomic E-state index is 0.205. The summed E-state index contributed by atoms with van der Waals surface area (Å²) < 4.78 is 5.20. The van der Waals surface area contributed by atoms with E-state index in [0.717, 1.165) is 12.0 Å². The molecule has 0 aliphatic rings. The van der Waals surface area contributed by atoms with E-state index in [1.54, 1.807) is 12.4 Å². The number of nitrogens with zero attached hydrogens (tertiary/aromatic N) is 3. The van der Waals surface area contributed by atoms with Crippen LogP contribution in [0.3, 0.4) is 0 Å². The normalized spacial score (nSPS) is 14.5. The molecule has 0 spiro atoms. The number of rotatable bonds is 4. The highest BCUT2D eigenvalue weighted by Crippen LogP contribution is 2.22. The molecule has 0 saturated carbocycles. The highest BCUT2D eigenvalue weighted by Gasteiger charge is 2.20. The minimum Gasteiger partial charge on any atom is -0.337 e. The van der Waals surface area contributed by atoms with Crippen molar-refractivity contribution in [2.75, 3.05) is 0 Å². The van der Waals surface area contributed by atoms with Crippen molar-refractivity contribution in [1.82, 2.24) is 15.1 Å². The van der Waals surface area contributed by atoms with E-state index in [2.05, 4.69) is 29.0 Å². The van der Waals surface area contributed by atoms with Gasteiger partial charge >= 0.3 is 0 Å². The van der Waals surface area contributed by atoms with E-state index in [4.69, 9.17) is 10.3 Å². The zero-order valence-electron chi connectivity index (χ0n) is 10.00. The Morgan fingerprint density at radius 3 is 2.71 bits per heavy atom. The maximum absolute atomic E-state index is 6.03. The number of nitrogens with two attached hydrogens (primary N) is 1. The van der Waals surface area contributed by atoms with Crippen LogP contribution in [-0.4, -0.2) is 15.1 Å². The standard InChI is InChI=1S/C12H16N4O/c1-3-8(2)10(13)12-15-11(16-17-12)9-4-6-14-7-5-9/h4-8,10H,3,13H2,1-2H3/t8-,10-/m0/s1. The summed E-state index contributed by atoms with van der Waals surface area (Å²) in [6.45, 7) is 4.16. The SMILES string of the molecule is CC[C@H](C)[C@H](N)c1nc(-c2ccncc2)no1. The first kappa shape index (κ1) is 11.7. The molecule has 0 aliphatic carbocycles. The Labute approximate surface area is 100 Å². The van der Waals surface area contributed by atoms with Crippen LogP contribution in [0.25, 0.3) is 11.4 Å². The van der Waals surface area contributed by atoms with Crippen molar-refractivity contribution in [2.24, 2.45) is 11.7 Å². The van der Waals surface area contributed by atoms with Gasteiger partial charge < -0.3 is 10.3 Å². The van der Waals surface area contributed by atoms with Crippen LogP contribution in [0.1, 0.15) is 32.2 Å². The van der Waals surface area contributed by atoms with Gasteiger partial charge in [-0.05, 0) is 18.1 Å². The van der Waals surface area contributed by atoms with Gasteiger partial charge in [0.05, 0.1) is 6.04 Å². The summed E-state index contributed by atoms with van der Waals surface area (Å²) in [6.07, 6.45) is 4.37. The summed E-state index contributed by atoms with van der Waals surface area (Å²) in [5, 5.41) is 3.93. The summed E-state index contributed by atoms with van der Waals surface area (Å²) in [4.78, 5) is 8.26. The number of pyridine rings is 1. The average Bonchev–Trinajstić information content (AvgIpc) is 2.87. The van der Waals surface area contributed by atoms with Gasteiger partial charge in [0.2, 0.25) is 11.7 Å². The molecule has 0 bridgehead atoms. The van der Waals surface area contributed by atoms with Crippen molar-refractivity contribution in [3.8, 4) is 11.4 Å². The third-order valence-corrected chi connectivity index (χ3v) is 2.92. The van der Waals surface area contributed by atoms with E-state index in [1.165, 1.54) is 0 Å². The Kier molecular flexibility index (Phi) is 3.49. The lowest BCUT2D eigenvalue weighted by atomic mass is 10.0. The number of hydrogen-bond acceptors (Lipinski definition) is 5. The highest BCUT2D eigenvalue weighted by atomic mass is 16.5. The average molecular weight is 232 g/mol. The maximum atomic E-state index is 6.03. The third-order valence-electron chi connectivity index (χ3n) is 2.92. The van der Waals surface area contributed by atoms with Crippen LogP contribution in [0.2, 0.25) is 0 Å². The first-order valence-corrected chi connectivity index (χ1v) is 5.72. The van der Waals surface area contributed by atoms with Crippen molar-refractivity contribution >= 4 is 0 Å². The molecule has 0 aromatic carbocycles. The van der Waals surface area contributed by atoms with Gasteiger partial charge in [0.1, 0.15) is 0 Å². The monoisotopic (exact) mass is 232 g/mol. The molecular formula is C12H16N4O. The van der Waals surface area contributed by atoms with Crippen LogP contribution in [0.5, 0.6) is 0 Å². The zero-order chi connectivity index (χ0) is 12.3. The highest BCUT2D eigenvalue weighted by molar-refractivity contribution is 5.52. The van der Waals surface area contributed by atoms with E-state index in [0.29, 0.717) is 17.6 Å². The quantitative estimate of drug-likeness (QED) is 0.874. The van der Waals surface area contributed by atoms with Crippen LogP contribution in [0.4, 0.5) is 0 Å². The molecule has 0 radical (unpaired) electrons. The summed E-state index contributed by atoms with van der Waals surface area (Å²) in [5.41, 5.74) is 6.91. The molecule has 5 heteroatoms. The van der Waals surface area contributed by atoms with Crippen LogP contribution >= 0.6 is 0 Å². The molecule has 2 atom stereocenters. The smallest absolute Gasteiger partial charge is 0.244 e. The van der Waals surface area contributed by atoms with Gasteiger partial charge in [0.25, 0.3) is 0 Å². The summed E-state index contributed by atoms with van der Waals surface area (Å²) in [5.74, 6) is 1.37. The second kappa shape index (κ2) is 5.05. The molecule has 2 aromatic heterocycles. The first-order valence-electron chi connectivity index (χ1n) is 5.72. The van der Waals surface area contributed by atoms with Gasteiger partial charge in [-0.2, -0.15) is 4.98 Å². The van der Waals surface area contributed by atoms with Crippen molar-refractivity contribution in [3.63, 3.8) is 0 Å². The maximum Gasteiger partial charge on any atom is 0.244 e. The van der Waals surface area contributed by atoms with Gasteiger partial charge in [0.15, 0.2) is 0 Å². The fourth-order valence-corrected chi connectivity index (χ4v) is 1.49. The molecule has 0 saturated heterocycles. The third kappa shape index (κ3) is 2.50. The molecule has 0 unspecified atom stereocenters. The molecule has 2 rings (SSSR count). The summed E-state index contributed by atoms with van der Waals surface area (Å²) in [7, 11) is 0. The number of hydrogen-bond donors (Lipinski definition) is 1. The van der Waals surface area contributed by atoms with Crippen LogP contribution < -0.4 is 5.73 Å². The summed E-state index contributed by atoms with van der Waals surface area (Å²) in [6, 6.07) is 3.47. The first-order chi connectivity index (χ1) is 8.22. The largest absolute Gasteiger partial charge is 0.337 e. The van der Waals surface area contributed by atoms with E-state index in [1.807, 2.05) is 12.1 Å². The Morgan fingerprint density at radius 1 is 1.35 bits per heavy atom. The zero-order valence-corrected chi connectivity index (χ0v) is 10.00. The lowest BCUT2D eigenvalue weighted by Crippen LogP contribution is -2.18. The second-order valence-corrected chi connectivity index (χ2v) is 4.10. The van der Waals surface area contributed by atoms with E-state index in [9.17, 15) is 0 Å². The van der Waals surface area contributed by atoms with E-state index < -0.39 is 0 Å². The minimum atomic E-state index is -0.205. The molecule has 90 valence electrons. The Morgan fingerprint density at radius 2 is 2.06 bits per heavy atom. The molecule has 0 aliphatic heterocycles. The predicted molar refractivity (Wildman–Crippen MR) is 63.9 cm³/mol. The topological polar surface area (TPSA) is 77.8 Å². The van der Waals surface area contributed by atoms with Crippen molar-refractivity contribution < 1.29 is 4.52 Å². The molecule has 5 nitrogen and oxygen atoms in total.